The number of aromatic carboxylic acids is 1. The molecule has 2 aromatic carbocycles. The summed E-state index contributed by atoms with van der Waals surface area (Å²) in [6.07, 6.45) is 0.148. The fraction of sp³-hybridized carbons (Fsp3) is 0.130. The number of nitriles is 1. The van der Waals surface area contributed by atoms with Gasteiger partial charge in [0.2, 0.25) is 5.91 Å². The van der Waals surface area contributed by atoms with E-state index in [1.165, 1.54) is 30.0 Å². The largest absolute Gasteiger partial charge is 0.497 e. The van der Waals surface area contributed by atoms with Crippen LogP contribution in [0, 0.1) is 11.3 Å². The van der Waals surface area contributed by atoms with Crippen LogP contribution in [0.5, 0.6) is 5.75 Å². The van der Waals surface area contributed by atoms with Gasteiger partial charge < -0.3 is 15.2 Å². The molecule has 0 aliphatic rings. The smallest absolute Gasteiger partial charge is 0.337 e. The molecule has 0 radical (unpaired) electrons. The summed E-state index contributed by atoms with van der Waals surface area (Å²) in [6.45, 7) is 0. The highest BCUT2D eigenvalue weighted by Gasteiger charge is 2.12. The van der Waals surface area contributed by atoms with Crippen LogP contribution < -0.4 is 10.1 Å². The number of ether oxygens (including phenoxy) is 1. The van der Waals surface area contributed by atoms with Crippen molar-refractivity contribution in [2.75, 3.05) is 18.2 Å². The van der Waals surface area contributed by atoms with Crippen LogP contribution in [0.3, 0.4) is 0 Å². The van der Waals surface area contributed by atoms with Crippen molar-refractivity contribution in [3.63, 3.8) is 0 Å². The van der Waals surface area contributed by atoms with Crippen LogP contribution in [-0.2, 0) is 4.79 Å². The lowest BCUT2D eigenvalue weighted by Gasteiger charge is -2.09. The Labute approximate surface area is 194 Å². The number of carboxylic acids is 1. The number of halogens is 1. The summed E-state index contributed by atoms with van der Waals surface area (Å²) >= 11 is 7.15. The Morgan fingerprint density at radius 2 is 1.94 bits per heavy atom. The number of carbonyl (C=O) groups is 2. The molecule has 1 heterocycles. The summed E-state index contributed by atoms with van der Waals surface area (Å²) < 4.78 is 5.17. The maximum Gasteiger partial charge on any atom is 0.337 e. The molecule has 0 aliphatic carbocycles. The van der Waals surface area contributed by atoms with Gasteiger partial charge in [-0.15, -0.1) is 11.8 Å². The first-order valence-electron chi connectivity index (χ1n) is 9.42. The number of amides is 1. The molecule has 162 valence electrons. The zero-order valence-corrected chi connectivity index (χ0v) is 18.5. The van der Waals surface area contributed by atoms with Gasteiger partial charge in [-0.1, -0.05) is 11.6 Å². The van der Waals surface area contributed by atoms with Gasteiger partial charge in [-0.05, 0) is 54.6 Å². The maximum absolute atomic E-state index is 12.3. The highest BCUT2D eigenvalue weighted by molar-refractivity contribution is 7.99. The van der Waals surface area contributed by atoms with Crippen LogP contribution in [-0.4, -0.2) is 34.8 Å². The zero-order valence-electron chi connectivity index (χ0n) is 17.0. The van der Waals surface area contributed by atoms with Crippen molar-refractivity contribution in [2.45, 2.75) is 11.4 Å². The highest BCUT2D eigenvalue weighted by atomic mass is 35.5. The van der Waals surface area contributed by atoms with Crippen molar-refractivity contribution >= 4 is 40.9 Å². The lowest BCUT2D eigenvalue weighted by atomic mass is 10.1. The fourth-order valence-corrected chi connectivity index (χ4v) is 3.90. The standard InChI is InChI=1S/C23H18ClN3O4S/c1-31-17-6-2-14(3-7-17)20-9-4-15(13-25)22(27-20)32-11-10-21(28)26-16-5-8-19(24)18(12-16)23(29)30/h2-9,12H,10-11H2,1H3,(H,26,28)(H,29,30). The van der Waals surface area contributed by atoms with Gasteiger partial charge in [0.1, 0.15) is 16.8 Å². The average molecular weight is 468 g/mol. The van der Waals surface area contributed by atoms with Crippen LogP contribution in [0.4, 0.5) is 5.69 Å². The van der Waals surface area contributed by atoms with E-state index in [4.69, 9.17) is 21.4 Å². The summed E-state index contributed by atoms with van der Waals surface area (Å²) in [4.78, 5) is 28.0. The molecule has 3 rings (SSSR count). The van der Waals surface area contributed by atoms with Crippen molar-refractivity contribution in [1.82, 2.24) is 4.98 Å². The number of carbonyl (C=O) groups excluding carboxylic acids is 1. The van der Waals surface area contributed by atoms with Crippen molar-refractivity contribution in [2.24, 2.45) is 0 Å². The summed E-state index contributed by atoms with van der Waals surface area (Å²) in [6, 6.07) is 17.3. The number of methoxy groups -OCH3 is 1. The summed E-state index contributed by atoms with van der Waals surface area (Å²) in [5.74, 6) is -0.340. The van der Waals surface area contributed by atoms with Crippen molar-refractivity contribution in [3.8, 4) is 23.1 Å². The van der Waals surface area contributed by atoms with Gasteiger partial charge in [0.05, 0.1) is 29.0 Å². The topological polar surface area (TPSA) is 112 Å². The molecular weight excluding hydrogens is 450 g/mol. The van der Waals surface area contributed by atoms with E-state index in [1.807, 2.05) is 24.3 Å². The number of hydrogen-bond donors (Lipinski definition) is 2. The van der Waals surface area contributed by atoms with Crippen LogP contribution in [0.15, 0.2) is 59.6 Å². The Hall–Kier alpha value is -3.54. The minimum absolute atomic E-state index is 0.0861. The Balaban J connectivity index is 1.64. The van der Waals surface area contributed by atoms with E-state index < -0.39 is 5.97 Å². The zero-order chi connectivity index (χ0) is 23.1. The SMILES string of the molecule is COc1ccc(-c2ccc(C#N)c(SCCC(=O)Nc3ccc(Cl)c(C(=O)O)c3)n2)cc1. The third-order valence-corrected chi connectivity index (χ3v) is 5.74. The van der Waals surface area contributed by atoms with Crippen molar-refractivity contribution < 1.29 is 19.4 Å². The second-order valence-corrected chi connectivity index (χ2v) is 8.03. The van der Waals surface area contributed by atoms with E-state index in [2.05, 4.69) is 16.4 Å². The number of nitrogens with zero attached hydrogens (tertiary/aromatic N) is 2. The molecule has 3 aromatic rings. The number of anilines is 1. The van der Waals surface area contributed by atoms with Gasteiger partial charge in [-0.25, -0.2) is 9.78 Å². The van der Waals surface area contributed by atoms with Gasteiger partial charge in [0, 0.05) is 23.4 Å². The Morgan fingerprint density at radius 1 is 1.19 bits per heavy atom. The summed E-state index contributed by atoms with van der Waals surface area (Å²) in [7, 11) is 1.60. The van der Waals surface area contributed by atoms with Crippen molar-refractivity contribution in [1.29, 1.82) is 5.26 Å². The number of benzene rings is 2. The second-order valence-electron chi connectivity index (χ2n) is 6.54. The normalized spacial score (nSPS) is 10.3. The molecule has 9 heteroatoms. The molecule has 7 nitrogen and oxygen atoms in total. The van der Waals surface area contributed by atoms with E-state index in [-0.39, 0.29) is 22.9 Å². The van der Waals surface area contributed by atoms with E-state index in [1.54, 1.807) is 19.2 Å². The second kappa shape index (κ2) is 10.7. The van der Waals surface area contributed by atoms with E-state index >= 15 is 0 Å². The Bertz CT molecular complexity index is 1190. The van der Waals surface area contributed by atoms with Gasteiger partial charge in [-0.2, -0.15) is 5.26 Å². The fourth-order valence-electron chi connectivity index (χ4n) is 2.79. The molecule has 0 spiro atoms. The van der Waals surface area contributed by atoms with Gasteiger partial charge in [0.25, 0.3) is 0 Å². The predicted molar refractivity (Wildman–Crippen MR) is 123 cm³/mol. The molecule has 0 bridgehead atoms. The monoisotopic (exact) mass is 467 g/mol. The van der Waals surface area contributed by atoms with Crippen LogP contribution >= 0.6 is 23.4 Å². The van der Waals surface area contributed by atoms with Crippen LogP contribution in [0.1, 0.15) is 22.3 Å². The van der Waals surface area contributed by atoms with E-state index in [0.717, 1.165) is 11.3 Å². The first-order valence-corrected chi connectivity index (χ1v) is 10.8. The molecule has 1 aromatic heterocycles. The number of thioether (sulfide) groups is 1. The molecular formula is C23H18ClN3O4S. The highest BCUT2D eigenvalue weighted by Crippen LogP contribution is 2.27. The quantitative estimate of drug-likeness (QED) is 0.443. The molecule has 2 N–H and O–H groups in total. The number of rotatable bonds is 8. The van der Waals surface area contributed by atoms with Gasteiger partial charge in [0.15, 0.2) is 0 Å². The molecule has 0 aliphatic heterocycles. The number of hydrogen-bond acceptors (Lipinski definition) is 6. The van der Waals surface area contributed by atoms with Crippen LogP contribution in [0.25, 0.3) is 11.3 Å². The minimum Gasteiger partial charge on any atom is -0.497 e. The maximum atomic E-state index is 12.3. The number of aromatic nitrogens is 1. The summed E-state index contributed by atoms with van der Waals surface area (Å²) in [5, 5.41) is 21.8. The number of pyridine rings is 1. The predicted octanol–water partition coefficient (Wildman–Crippen LogP) is 5.10. The first-order chi connectivity index (χ1) is 15.4. The van der Waals surface area contributed by atoms with Gasteiger partial charge in [-0.3, -0.25) is 4.79 Å². The number of carboxylic acid groups (broad SMARTS) is 1. The molecule has 0 atom stereocenters. The Kier molecular flexibility index (Phi) is 7.71. The number of nitrogens with one attached hydrogen (secondary N) is 1. The average Bonchev–Trinajstić information content (AvgIpc) is 2.80. The summed E-state index contributed by atoms with van der Waals surface area (Å²) in [5.41, 5.74) is 2.28. The molecule has 0 saturated heterocycles. The van der Waals surface area contributed by atoms with Crippen molar-refractivity contribution in [3.05, 3.63) is 70.7 Å². The first kappa shape index (κ1) is 23.1. The van der Waals surface area contributed by atoms with Gasteiger partial charge >= 0.3 is 5.97 Å². The molecule has 32 heavy (non-hydrogen) atoms. The minimum atomic E-state index is -1.17. The third-order valence-electron chi connectivity index (χ3n) is 4.41. The third kappa shape index (κ3) is 5.78. The van der Waals surface area contributed by atoms with Crippen LogP contribution in [0.2, 0.25) is 5.02 Å². The molecule has 0 fully saturated rings. The lowest BCUT2D eigenvalue weighted by molar-refractivity contribution is -0.115. The molecule has 0 saturated carbocycles. The Morgan fingerprint density at radius 3 is 2.59 bits per heavy atom. The van der Waals surface area contributed by atoms with E-state index in [9.17, 15) is 14.9 Å². The van der Waals surface area contributed by atoms with E-state index in [0.29, 0.717) is 27.7 Å². The lowest BCUT2D eigenvalue weighted by Crippen LogP contribution is -2.13. The molecule has 1 amide bonds. The molecule has 0 unspecified atom stereocenters.